The summed E-state index contributed by atoms with van der Waals surface area (Å²) in [6.45, 7) is 9.56. The topological polar surface area (TPSA) is 143 Å². The molecule has 1 spiro atoms. The summed E-state index contributed by atoms with van der Waals surface area (Å²) in [5.41, 5.74) is 11.3. The summed E-state index contributed by atoms with van der Waals surface area (Å²) in [5, 5.41) is 2.75. The summed E-state index contributed by atoms with van der Waals surface area (Å²) in [7, 11) is 0. The lowest BCUT2D eigenvalue weighted by Crippen LogP contribution is -2.60. The number of anilines is 1. The number of urea groups is 1. The Hall–Kier alpha value is -2.50. The maximum Gasteiger partial charge on any atom is 0.349 e. The van der Waals surface area contributed by atoms with Crippen LogP contribution in [0.3, 0.4) is 0 Å². The average molecular weight is 557 g/mol. The predicted octanol–water partition coefficient (Wildman–Crippen LogP) is 1.98. The van der Waals surface area contributed by atoms with Crippen LogP contribution in [-0.2, 0) is 4.79 Å². The number of nitrogens with zero attached hydrogens (tertiary/aromatic N) is 5. The van der Waals surface area contributed by atoms with Crippen molar-refractivity contribution in [2.75, 3.05) is 44.6 Å². The molecule has 1 saturated heterocycles. The molecule has 5 N–H and O–H groups in total. The fraction of sp³-hybridized carbons (Fsp3) is 0.793. The minimum absolute atomic E-state index is 0.125. The Morgan fingerprint density at radius 3 is 2.25 bits per heavy atom. The van der Waals surface area contributed by atoms with Gasteiger partial charge in [0.25, 0.3) is 0 Å². The Morgan fingerprint density at radius 1 is 1.07 bits per heavy atom. The van der Waals surface area contributed by atoms with Crippen molar-refractivity contribution in [3.8, 4) is 0 Å². The number of aromatic nitrogens is 2. The van der Waals surface area contributed by atoms with E-state index in [1.54, 1.807) is 40.5 Å². The number of amides is 3. The molecule has 0 unspecified atom stereocenters. The van der Waals surface area contributed by atoms with Crippen LogP contribution < -0.4 is 22.5 Å². The zero-order chi connectivity index (χ0) is 28.7. The van der Waals surface area contributed by atoms with E-state index in [2.05, 4.69) is 22.1 Å². The summed E-state index contributed by atoms with van der Waals surface area (Å²) in [5.74, 6) is 0.802. The van der Waals surface area contributed by atoms with Gasteiger partial charge in [-0.1, -0.05) is 6.92 Å². The lowest BCUT2D eigenvalue weighted by Gasteiger charge is -2.59. The maximum atomic E-state index is 12.9. The highest BCUT2D eigenvalue weighted by Gasteiger charge is 2.53. The van der Waals surface area contributed by atoms with E-state index >= 15 is 0 Å². The molecule has 0 radical (unpaired) electrons. The molecule has 1 aromatic heterocycles. The molecular formula is C29H48N8O3. The first-order valence-electron chi connectivity index (χ1n) is 15.2. The molecule has 40 heavy (non-hydrogen) atoms. The summed E-state index contributed by atoms with van der Waals surface area (Å²) in [4.78, 5) is 48.2. The van der Waals surface area contributed by atoms with Crippen molar-refractivity contribution in [3.05, 3.63) is 22.7 Å². The van der Waals surface area contributed by atoms with Crippen LogP contribution in [0.4, 0.5) is 10.6 Å². The second-order valence-corrected chi connectivity index (χ2v) is 13.4. The van der Waals surface area contributed by atoms with E-state index in [0.29, 0.717) is 49.6 Å². The van der Waals surface area contributed by atoms with Gasteiger partial charge in [-0.25, -0.2) is 9.59 Å². The van der Waals surface area contributed by atoms with Crippen LogP contribution in [0.25, 0.3) is 0 Å². The van der Waals surface area contributed by atoms with Gasteiger partial charge in [-0.2, -0.15) is 4.98 Å². The van der Waals surface area contributed by atoms with Crippen molar-refractivity contribution in [2.45, 2.75) is 95.8 Å². The monoisotopic (exact) mass is 556 g/mol. The van der Waals surface area contributed by atoms with Crippen molar-refractivity contribution >= 4 is 17.8 Å². The third-order valence-corrected chi connectivity index (χ3v) is 9.82. The first-order valence-corrected chi connectivity index (χ1v) is 15.2. The molecule has 5 rings (SSSR count). The fourth-order valence-corrected chi connectivity index (χ4v) is 7.53. The summed E-state index contributed by atoms with van der Waals surface area (Å²) in [6, 6.07) is 2.69. The highest BCUT2D eigenvalue weighted by molar-refractivity contribution is 5.89. The second-order valence-electron chi connectivity index (χ2n) is 13.4. The standard InChI is InChI=1S/C29H48N8O3/c1-4-34(23-17-29(18-23)15-21(30)16-29)19-20-5-7-22(8-6-20)37-10-9-24(33-27(37)40)32-26(39)36-13-11-35(12-14-36)25(38)28(2,3)31/h9-10,20-23H,4-8,11-19,30-31H2,1-3H3,(H,32,33,39,40). The SMILES string of the molecule is CCN(CC1CCC(n2ccc(NC(=O)N3CCN(C(=O)C(C)(C)N)CC3)nc2=O)CC1)C1CC2(CC(N)C2)C1. The van der Waals surface area contributed by atoms with Gasteiger partial charge >= 0.3 is 11.7 Å². The van der Waals surface area contributed by atoms with E-state index in [1.807, 2.05) is 0 Å². The summed E-state index contributed by atoms with van der Waals surface area (Å²) in [6.07, 6.45) is 11.0. The molecule has 2 heterocycles. The Kier molecular flexibility index (Phi) is 8.27. The third kappa shape index (κ3) is 6.21. The third-order valence-electron chi connectivity index (χ3n) is 9.82. The molecule has 4 fully saturated rings. The lowest BCUT2D eigenvalue weighted by molar-refractivity contribution is -0.137. The minimum atomic E-state index is -0.933. The van der Waals surface area contributed by atoms with Crippen molar-refractivity contribution < 1.29 is 9.59 Å². The van der Waals surface area contributed by atoms with Crippen LogP contribution in [0.2, 0.25) is 0 Å². The molecule has 3 aliphatic carbocycles. The van der Waals surface area contributed by atoms with Crippen LogP contribution in [0.1, 0.15) is 78.2 Å². The molecule has 3 saturated carbocycles. The highest BCUT2D eigenvalue weighted by atomic mass is 16.2. The van der Waals surface area contributed by atoms with Gasteiger partial charge in [0.1, 0.15) is 5.82 Å². The van der Waals surface area contributed by atoms with E-state index in [1.165, 1.54) is 25.7 Å². The first kappa shape index (κ1) is 29.0. The number of nitrogens with two attached hydrogens (primary N) is 2. The van der Waals surface area contributed by atoms with Gasteiger partial charge < -0.3 is 26.2 Å². The zero-order valence-corrected chi connectivity index (χ0v) is 24.5. The van der Waals surface area contributed by atoms with Crippen molar-refractivity contribution in [1.82, 2.24) is 24.3 Å². The molecule has 0 atom stereocenters. The van der Waals surface area contributed by atoms with E-state index < -0.39 is 5.54 Å². The minimum Gasteiger partial charge on any atom is -0.338 e. The quantitative estimate of drug-likeness (QED) is 0.466. The lowest BCUT2D eigenvalue weighted by atomic mass is 9.52. The molecular weight excluding hydrogens is 508 g/mol. The number of carbonyl (C=O) groups is 2. The van der Waals surface area contributed by atoms with Crippen LogP contribution in [-0.4, -0.2) is 93.1 Å². The number of hydrogen-bond acceptors (Lipinski definition) is 7. The van der Waals surface area contributed by atoms with Gasteiger partial charge in [0.2, 0.25) is 5.91 Å². The zero-order valence-electron chi connectivity index (χ0n) is 24.5. The number of piperazine rings is 1. The van der Waals surface area contributed by atoms with E-state index in [4.69, 9.17) is 11.5 Å². The molecule has 0 aromatic carbocycles. The van der Waals surface area contributed by atoms with Gasteiger partial charge in [-0.15, -0.1) is 0 Å². The highest BCUT2D eigenvalue weighted by Crippen LogP contribution is 2.56. The van der Waals surface area contributed by atoms with Crippen LogP contribution in [0, 0.1) is 11.3 Å². The normalized spacial score (nSPS) is 30.6. The average Bonchev–Trinajstić information content (AvgIpc) is 2.88. The molecule has 1 aliphatic heterocycles. The molecule has 1 aromatic rings. The van der Waals surface area contributed by atoms with Crippen molar-refractivity contribution in [2.24, 2.45) is 22.8 Å². The smallest absolute Gasteiger partial charge is 0.338 e. The van der Waals surface area contributed by atoms with Gasteiger partial charge in [0, 0.05) is 57.0 Å². The molecule has 222 valence electrons. The Balaban J connectivity index is 1.07. The summed E-state index contributed by atoms with van der Waals surface area (Å²) >= 11 is 0. The van der Waals surface area contributed by atoms with Gasteiger partial charge in [-0.3, -0.25) is 14.7 Å². The number of rotatable bonds is 7. The molecule has 3 amide bonds. The largest absolute Gasteiger partial charge is 0.349 e. The number of hydrogen-bond donors (Lipinski definition) is 3. The van der Waals surface area contributed by atoms with Crippen LogP contribution >= 0.6 is 0 Å². The van der Waals surface area contributed by atoms with Crippen LogP contribution in [0.15, 0.2) is 17.1 Å². The van der Waals surface area contributed by atoms with E-state index in [0.717, 1.165) is 38.8 Å². The molecule has 11 nitrogen and oxygen atoms in total. The second kappa shape index (κ2) is 11.4. The molecule has 11 heteroatoms. The van der Waals surface area contributed by atoms with Crippen molar-refractivity contribution in [3.63, 3.8) is 0 Å². The Morgan fingerprint density at radius 2 is 1.70 bits per heavy atom. The van der Waals surface area contributed by atoms with Crippen molar-refractivity contribution in [1.29, 1.82) is 0 Å². The van der Waals surface area contributed by atoms with Gasteiger partial charge in [0.05, 0.1) is 5.54 Å². The summed E-state index contributed by atoms with van der Waals surface area (Å²) < 4.78 is 1.73. The number of carbonyl (C=O) groups excluding carboxylic acids is 2. The Labute approximate surface area is 237 Å². The van der Waals surface area contributed by atoms with E-state index in [9.17, 15) is 14.4 Å². The first-order chi connectivity index (χ1) is 19.0. The Bertz CT molecular complexity index is 1120. The molecule has 0 bridgehead atoms. The maximum absolute atomic E-state index is 12.9. The van der Waals surface area contributed by atoms with Crippen LogP contribution in [0.5, 0.6) is 0 Å². The van der Waals surface area contributed by atoms with Gasteiger partial charge in [0.15, 0.2) is 0 Å². The van der Waals surface area contributed by atoms with Gasteiger partial charge in [-0.05, 0) is 89.2 Å². The molecule has 4 aliphatic rings. The fourth-order valence-electron chi connectivity index (χ4n) is 7.53. The number of nitrogens with one attached hydrogen (secondary N) is 1. The predicted molar refractivity (Wildman–Crippen MR) is 155 cm³/mol. The van der Waals surface area contributed by atoms with E-state index in [-0.39, 0.29) is 29.5 Å².